The summed E-state index contributed by atoms with van der Waals surface area (Å²) >= 11 is 0. The lowest BCUT2D eigenvalue weighted by molar-refractivity contribution is 0.127. The zero-order valence-electron chi connectivity index (χ0n) is 11.7. The summed E-state index contributed by atoms with van der Waals surface area (Å²) in [5.74, 6) is 0.509. The van der Waals surface area contributed by atoms with Gasteiger partial charge in [0.05, 0.1) is 17.6 Å². The Balaban J connectivity index is 2.16. The number of hydrogen-bond acceptors (Lipinski definition) is 4. The molecule has 1 saturated heterocycles. The Labute approximate surface area is 111 Å². The van der Waals surface area contributed by atoms with Crippen molar-refractivity contribution in [2.75, 3.05) is 24.7 Å². The summed E-state index contributed by atoms with van der Waals surface area (Å²) in [5.41, 5.74) is 0. The van der Waals surface area contributed by atoms with Crippen molar-refractivity contribution in [1.29, 1.82) is 0 Å². The van der Waals surface area contributed by atoms with Crippen LogP contribution < -0.4 is 5.32 Å². The molecule has 0 radical (unpaired) electrons. The quantitative estimate of drug-likeness (QED) is 0.697. The molecule has 0 aliphatic carbocycles. The Morgan fingerprint density at radius 1 is 1.44 bits per heavy atom. The maximum atomic E-state index is 11.9. The van der Waals surface area contributed by atoms with Gasteiger partial charge in [-0.2, -0.15) is 0 Å². The first-order chi connectivity index (χ1) is 8.53. The van der Waals surface area contributed by atoms with Gasteiger partial charge in [0, 0.05) is 12.6 Å². The molecular formula is C13H27NO3S. The molecular weight excluding hydrogens is 250 g/mol. The van der Waals surface area contributed by atoms with E-state index in [9.17, 15) is 8.42 Å². The summed E-state index contributed by atoms with van der Waals surface area (Å²) in [6.07, 6.45) is 4.62. The average molecular weight is 277 g/mol. The van der Waals surface area contributed by atoms with Crippen molar-refractivity contribution in [1.82, 2.24) is 5.32 Å². The minimum Gasteiger partial charge on any atom is -0.377 e. The van der Waals surface area contributed by atoms with Crippen molar-refractivity contribution < 1.29 is 13.2 Å². The molecule has 0 aromatic rings. The average Bonchev–Trinajstić information content (AvgIpc) is 2.78. The van der Waals surface area contributed by atoms with Crippen molar-refractivity contribution in [3.63, 3.8) is 0 Å². The minimum absolute atomic E-state index is 0.0503. The number of nitrogens with one attached hydrogen (secondary N) is 1. The third-order valence-corrected chi connectivity index (χ3v) is 5.09. The van der Waals surface area contributed by atoms with Gasteiger partial charge >= 0.3 is 0 Å². The predicted molar refractivity (Wildman–Crippen MR) is 74.6 cm³/mol. The zero-order chi connectivity index (χ0) is 13.4. The Morgan fingerprint density at radius 2 is 2.22 bits per heavy atom. The first-order valence-corrected chi connectivity index (χ1v) is 8.91. The summed E-state index contributed by atoms with van der Waals surface area (Å²) in [7, 11) is -2.93. The molecule has 1 aliphatic rings. The molecule has 0 aromatic carbocycles. The molecule has 5 heteroatoms. The molecule has 1 heterocycles. The second-order valence-corrected chi connectivity index (χ2v) is 7.48. The van der Waals surface area contributed by atoms with E-state index in [1.807, 2.05) is 0 Å². The number of hydrogen-bond donors (Lipinski definition) is 1. The second kappa shape index (κ2) is 8.12. The molecule has 0 amide bonds. The summed E-state index contributed by atoms with van der Waals surface area (Å²) in [5, 5.41) is 3.37. The Hall–Kier alpha value is -0.130. The van der Waals surface area contributed by atoms with Crippen LogP contribution in [0.5, 0.6) is 0 Å². The summed E-state index contributed by atoms with van der Waals surface area (Å²) in [6.45, 7) is 5.97. The van der Waals surface area contributed by atoms with Crippen LogP contribution in [-0.4, -0.2) is 45.2 Å². The van der Waals surface area contributed by atoms with Crippen LogP contribution in [-0.2, 0) is 14.6 Å². The fourth-order valence-electron chi connectivity index (χ4n) is 2.24. The predicted octanol–water partition coefficient (Wildman–Crippen LogP) is 1.75. The molecule has 0 spiro atoms. The van der Waals surface area contributed by atoms with Crippen molar-refractivity contribution in [3.8, 4) is 0 Å². The molecule has 1 aliphatic heterocycles. The topological polar surface area (TPSA) is 55.4 Å². The Bertz CT molecular complexity index is 310. The van der Waals surface area contributed by atoms with Gasteiger partial charge in [-0.05, 0) is 45.6 Å². The molecule has 1 N–H and O–H groups in total. The van der Waals surface area contributed by atoms with Gasteiger partial charge in [0.2, 0.25) is 0 Å². The molecule has 0 saturated carbocycles. The summed E-state index contributed by atoms with van der Waals surface area (Å²) in [4.78, 5) is 0. The highest BCUT2D eigenvalue weighted by Gasteiger charge is 2.23. The van der Waals surface area contributed by atoms with Crippen LogP contribution in [0.1, 0.15) is 46.0 Å². The van der Waals surface area contributed by atoms with Gasteiger partial charge in [-0.25, -0.2) is 8.42 Å². The van der Waals surface area contributed by atoms with Crippen LogP contribution >= 0.6 is 0 Å². The van der Waals surface area contributed by atoms with Crippen LogP contribution in [0.25, 0.3) is 0 Å². The molecule has 4 nitrogen and oxygen atoms in total. The molecule has 18 heavy (non-hydrogen) atoms. The van der Waals surface area contributed by atoms with Crippen LogP contribution in [0, 0.1) is 0 Å². The SMILES string of the molecule is CCCNC(C)CCCS(=O)(=O)CC1CCCO1. The number of rotatable bonds is 9. The molecule has 2 unspecified atom stereocenters. The summed E-state index contributed by atoms with van der Waals surface area (Å²) < 4.78 is 29.1. The fraction of sp³-hybridized carbons (Fsp3) is 1.00. The lowest BCUT2D eigenvalue weighted by atomic mass is 10.2. The van der Waals surface area contributed by atoms with E-state index >= 15 is 0 Å². The van der Waals surface area contributed by atoms with Crippen LogP contribution in [0.4, 0.5) is 0 Å². The van der Waals surface area contributed by atoms with E-state index in [-0.39, 0.29) is 11.9 Å². The van der Waals surface area contributed by atoms with Crippen molar-refractivity contribution >= 4 is 9.84 Å². The Kier molecular flexibility index (Phi) is 7.19. The van der Waals surface area contributed by atoms with Crippen molar-refractivity contribution in [3.05, 3.63) is 0 Å². The second-order valence-electron chi connectivity index (χ2n) is 5.25. The Morgan fingerprint density at radius 3 is 2.83 bits per heavy atom. The van der Waals surface area contributed by atoms with Crippen molar-refractivity contribution in [2.24, 2.45) is 0 Å². The van der Waals surface area contributed by atoms with Gasteiger partial charge in [-0.1, -0.05) is 6.92 Å². The molecule has 108 valence electrons. The van der Waals surface area contributed by atoms with Gasteiger partial charge in [0.15, 0.2) is 9.84 Å². The van der Waals surface area contributed by atoms with Gasteiger partial charge in [-0.3, -0.25) is 0 Å². The molecule has 0 bridgehead atoms. The van der Waals surface area contributed by atoms with E-state index in [0.717, 1.165) is 45.3 Å². The standard InChI is InChI=1S/C13H27NO3S/c1-3-8-14-12(2)6-5-10-18(15,16)11-13-7-4-9-17-13/h12-14H,3-11H2,1-2H3. The minimum atomic E-state index is -2.93. The highest BCUT2D eigenvalue weighted by molar-refractivity contribution is 7.91. The van der Waals surface area contributed by atoms with E-state index in [4.69, 9.17) is 4.74 Å². The van der Waals surface area contributed by atoms with E-state index in [1.54, 1.807) is 0 Å². The summed E-state index contributed by atoms with van der Waals surface area (Å²) in [6, 6.07) is 0.405. The largest absolute Gasteiger partial charge is 0.377 e. The van der Waals surface area contributed by atoms with Crippen LogP contribution in [0.3, 0.4) is 0 Å². The normalized spacial score (nSPS) is 22.2. The molecule has 0 aromatic heterocycles. The third-order valence-electron chi connectivity index (χ3n) is 3.30. The van der Waals surface area contributed by atoms with E-state index in [2.05, 4.69) is 19.2 Å². The highest BCUT2D eigenvalue weighted by Crippen LogP contribution is 2.15. The maximum absolute atomic E-state index is 11.9. The lowest BCUT2D eigenvalue weighted by Gasteiger charge is -2.14. The highest BCUT2D eigenvalue weighted by atomic mass is 32.2. The van der Waals surface area contributed by atoms with Gasteiger partial charge in [-0.15, -0.1) is 0 Å². The first-order valence-electron chi connectivity index (χ1n) is 7.09. The van der Waals surface area contributed by atoms with Gasteiger partial charge in [0.25, 0.3) is 0 Å². The molecule has 1 rings (SSSR count). The number of ether oxygens (including phenoxy) is 1. The van der Waals surface area contributed by atoms with Crippen LogP contribution in [0.15, 0.2) is 0 Å². The maximum Gasteiger partial charge on any atom is 0.152 e. The smallest absolute Gasteiger partial charge is 0.152 e. The lowest BCUT2D eigenvalue weighted by Crippen LogP contribution is -2.28. The van der Waals surface area contributed by atoms with E-state index < -0.39 is 9.84 Å². The monoisotopic (exact) mass is 277 g/mol. The van der Waals surface area contributed by atoms with E-state index in [0.29, 0.717) is 11.8 Å². The van der Waals surface area contributed by atoms with Crippen molar-refractivity contribution in [2.45, 2.75) is 58.1 Å². The fourth-order valence-corrected chi connectivity index (χ4v) is 3.85. The first kappa shape index (κ1) is 15.9. The van der Waals surface area contributed by atoms with E-state index in [1.165, 1.54) is 0 Å². The zero-order valence-corrected chi connectivity index (χ0v) is 12.5. The number of sulfone groups is 1. The third kappa shape index (κ3) is 6.71. The molecule has 1 fully saturated rings. The van der Waals surface area contributed by atoms with Gasteiger partial charge in [0.1, 0.15) is 0 Å². The van der Waals surface area contributed by atoms with Gasteiger partial charge < -0.3 is 10.1 Å². The van der Waals surface area contributed by atoms with Crippen LogP contribution in [0.2, 0.25) is 0 Å². The molecule has 2 atom stereocenters.